The fourth-order valence-corrected chi connectivity index (χ4v) is 6.51. The number of allylic oxidation sites excluding steroid dienone is 2. The van der Waals surface area contributed by atoms with E-state index in [9.17, 15) is 0 Å². The average Bonchev–Trinajstić information content (AvgIpc) is 3.22. The van der Waals surface area contributed by atoms with Crippen molar-refractivity contribution < 1.29 is 33.2 Å². The van der Waals surface area contributed by atoms with Gasteiger partial charge in [0, 0.05) is 39.3 Å². The van der Waals surface area contributed by atoms with Gasteiger partial charge in [0.25, 0.3) is 0 Å². The summed E-state index contributed by atoms with van der Waals surface area (Å²) in [5.41, 5.74) is 0. The van der Waals surface area contributed by atoms with Crippen LogP contribution in [0.25, 0.3) is 0 Å². The van der Waals surface area contributed by atoms with Crippen molar-refractivity contribution in [3.63, 3.8) is 0 Å². The lowest BCUT2D eigenvalue weighted by Crippen LogP contribution is -2.25. The van der Waals surface area contributed by atoms with Gasteiger partial charge >= 0.3 is 0 Å². The Morgan fingerprint density at radius 3 is 0.860 bits per heavy atom. The normalized spacial score (nSPS) is 13.3. The van der Waals surface area contributed by atoms with Gasteiger partial charge in [0.05, 0.1) is 13.2 Å². The highest BCUT2D eigenvalue weighted by atomic mass is 16.8. The molecule has 0 aliphatic carbocycles. The lowest BCUT2D eigenvalue weighted by atomic mass is 10.1. The van der Waals surface area contributed by atoms with E-state index >= 15 is 0 Å². The lowest BCUT2D eigenvalue weighted by Gasteiger charge is -2.22. The minimum Gasteiger partial charge on any atom is -0.353 e. The summed E-state index contributed by atoms with van der Waals surface area (Å²) in [4.78, 5) is 0. The van der Waals surface area contributed by atoms with E-state index in [2.05, 4.69) is 65.8 Å². The van der Waals surface area contributed by atoms with Gasteiger partial charge in [-0.25, -0.2) is 0 Å². The Labute approximate surface area is 355 Å². The third-order valence-electron chi connectivity index (χ3n) is 10.3. The summed E-state index contributed by atoms with van der Waals surface area (Å²) < 4.78 is 44.2. The SMILES string of the molecule is CCCCCCCCCOC(C=CCCC(OCCCCC)OCCCCC)OC(C=CCCC(OCCCCC)OCCCCC)OCCCCCCCCC. The van der Waals surface area contributed by atoms with Crippen molar-refractivity contribution in [2.75, 3.05) is 39.6 Å². The van der Waals surface area contributed by atoms with Crippen molar-refractivity contribution in [2.24, 2.45) is 0 Å². The predicted molar refractivity (Wildman–Crippen MR) is 243 cm³/mol. The smallest absolute Gasteiger partial charge is 0.180 e. The van der Waals surface area contributed by atoms with Gasteiger partial charge < -0.3 is 33.2 Å². The Hall–Kier alpha value is -0.800. The molecule has 0 rings (SSSR count). The molecule has 7 heteroatoms. The number of ether oxygens (including phenoxy) is 7. The van der Waals surface area contributed by atoms with E-state index < -0.39 is 12.6 Å². The van der Waals surface area contributed by atoms with Gasteiger partial charge in [-0.05, 0) is 63.5 Å². The molecule has 0 heterocycles. The second-order valence-electron chi connectivity index (χ2n) is 16.0. The maximum atomic E-state index is 6.61. The first-order chi connectivity index (χ1) is 28.1. The molecule has 340 valence electrons. The number of hydrogen-bond donors (Lipinski definition) is 0. The highest BCUT2D eigenvalue weighted by molar-refractivity contribution is 4.90. The zero-order chi connectivity index (χ0) is 41.5. The van der Waals surface area contributed by atoms with Crippen LogP contribution in [-0.2, 0) is 33.2 Å². The van der Waals surface area contributed by atoms with Crippen LogP contribution in [0.15, 0.2) is 24.3 Å². The lowest BCUT2D eigenvalue weighted by molar-refractivity contribution is -0.208. The minimum atomic E-state index is -0.486. The molecule has 57 heavy (non-hydrogen) atoms. The van der Waals surface area contributed by atoms with Crippen LogP contribution in [0, 0.1) is 0 Å². The van der Waals surface area contributed by atoms with Gasteiger partial charge in [0.15, 0.2) is 25.2 Å². The van der Waals surface area contributed by atoms with E-state index in [0.29, 0.717) is 13.2 Å². The quantitative estimate of drug-likeness (QED) is 0.0344. The first kappa shape index (κ1) is 56.2. The largest absolute Gasteiger partial charge is 0.353 e. The topological polar surface area (TPSA) is 64.6 Å². The molecule has 0 amide bonds. The maximum absolute atomic E-state index is 6.61. The third-order valence-corrected chi connectivity index (χ3v) is 10.3. The van der Waals surface area contributed by atoms with E-state index in [0.717, 1.165) is 90.6 Å². The highest BCUT2D eigenvalue weighted by Crippen LogP contribution is 2.16. The molecule has 2 unspecified atom stereocenters. The number of rotatable bonds is 48. The summed E-state index contributed by atoms with van der Waals surface area (Å²) in [6.45, 7) is 17.8. The molecule has 2 atom stereocenters. The summed E-state index contributed by atoms with van der Waals surface area (Å²) in [6.07, 6.45) is 41.8. The summed E-state index contributed by atoms with van der Waals surface area (Å²) in [5.74, 6) is 0. The molecule has 0 aromatic carbocycles. The van der Waals surface area contributed by atoms with Crippen LogP contribution in [0.4, 0.5) is 0 Å². The summed E-state index contributed by atoms with van der Waals surface area (Å²) in [6, 6.07) is 0. The van der Waals surface area contributed by atoms with Crippen LogP contribution < -0.4 is 0 Å². The minimum absolute atomic E-state index is 0.174. The second-order valence-corrected chi connectivity index (χ2v) is 16.0. The standard InChI is InChI=1S/C50H98O7/c1-7-13-19-21-23-25-35-45-55-49(39-29-27-37-47(51-41-31-15-9-3)52-42-32-16-10-4)57-50(56-46-36-26-24-22-20-14-8-2)40-30-28-38-48(53-43-33-17-11-5)54-44-34-18-12-6/h29-30,39-40,47-50H,7-28,31-38,41-46H2,1-6H3. The molecular weight excluding hydrogens is 713 g/mol. The zero-order valence-electron chi connectivity index (χ0n) is 38.9. The van der Waals surface area contributed by atoms with E-state index in [4.69, 9.17) is 33.2 Å². The Morgan fingerprint density at radius 1 is 0.298 bits per heavy atom. The molecule has 0 saturated carbocycles. The summed E-state index contributed by atoms with van der Waals surface area (Å²) in [7, 11) is 0. The average molecular weight is 811 g/mol. The fraction of sp³-hybridized carbons (Fsp3) is 0.920. The predicted octanol–water partition coefficient (Wildman–Crippen LogP) is 15.3. The van der Waals surface area contributed by atoms with Crippen molar-refractivity contribution in [1.82, 2.24) is 0 Å². The van der Waals surface area contributed by atoms with Crippen molar-refractivity contribution in [3.8, 4) is 0 Å². The van der Waals surface area contributed by atoms with E-state index in [1.54, 1.807) is 0 Å². The summed E-state index contributed by atoms with van der Waals surface area (Å²) >= 11 is 0. The molecule has 7 nitrogen and oxygen atoms in total. The van der Waals surface area contributed by atoms with E-state index in [-0.39, 0.29) is 12.6 Å². The first-order valence-corrected chi connectivity index (χ1v) is 24.8. The highest BCUT2D eigenvalue weighted by Gasteiger charge is 2.15. The van der Waals surface area contributed by atoms with E-state index in [1.807, 2.05) is 0 Å². The molecule has 0 radical (unpaired) electrons. The van der Waals surface area contributed by atoms with Crippen molar-refractivity contribution in [1.29, 1.82) is 0 Å². The molecule has 0 N–H and O–H groups in total. The molecule has 0 aliphatic rings. The van der Waals surface area contributed by atoms with Crippen molar-refractivity contribution >= 4 is 0 Å². The van der Waals surface area contributed by atoms with Crippen LogP contribution >= 0.6 is 0 Å². The third kappa shape index (κ3) is 41.7. The van der Waals surface area contributed by atoms with Crippen molar-refractivity contribution in [2.45, 2.75) is 259 Å². The van der Waals surface area contributed by atoms with Crippen LogP contribution in [-0.4, -0.2) is 64.8 Å². The fourth-order valence-electron chi connectivity index (χ4n) is 6.51. The molecule has 0 aliphatic heterocycles. The Bertz CT molecular complexity index is 718. The van der Waals surface area contributed by atoms with Gasteiger partial charge in [-0.1, -0.05) is 182 Å². The Balaban J connectivity index is 5.64. The molecule has 0 saturated heterocycles. The molecule has 0 aromatic heterocycles. The number of unbranched alkanes of at least 4 members (excludes halogenated alkanes) is 20. The summed E-state index contributed by atoms with van der Waals surface area (Å²) in [5, 5.41) is 0. The maximum Gasteiger partial charge on any atom is 0.180 e. The second kappa shape index (κ2) is 47.9. The monoisotopic (exact) mass is 811 g/mol. The van der Waals surface area contributed by atoms with Gasteiger partial charge in [0.2, 0.25) is 0 Å². The van der Waals surface area contributed by atoms with Crippen LogP contribution in [0.5, 0.6) is 0 Å². The van der Waals surface area contributed by atoms with Gasteiger partial charge in [-0.3, -0.25) is 0 Å². The number of hydrogen-bond acceptors (Lipinski definition) is 7. The van der Waals surface area contributed by atoms with Gasteiger partial charge in [-0.2, -0.15) is 0 Å². The molecule has 0 aromatic rings. The van der Waals surface area contributed by atoms with Gasteiger partial charge in [0.1, 0.15) is 0 Å². The van der Waals surface area contributed by atoms with E-state index in [1.165, 1.54) is 128 Å². The molecule has 0 spiro atoms. The molecule has 0 bridgehead atoms. The van der Waals surface area contributed by atoms with Gasteiger partial charge in [-0.15, -0.1) is 0 Å². The zero-order valence-corrected chi connectivity index (χ0v) is 38.9. The molecule has 0 fully saturated rings. The first-order valence-electron chi connectivity index (χ1n) is 24.8. The Morgan fingerprint density at radius 2 is 0.544 bits per heavy atom. The molecular formula is C50H98O7. The Kier molecular flexibility index (Phi) is 47.2. The van der Waals surface area contributed by atoms with Crippen LogP contribution in [0.2, 0.25) is 0 Å². The van der Waals surface area contributed by atoms with Crippen LogP contribution in [0.3, 0.4) is 0 Å². The van der Waals surface area contributed by atoms with Crippen LogP contribution in [0.1, 0.15) is 234 Å². The van der Waals surface area contributed by atoms with Crippen molar-refractivity contribution in [3.05, 3.63) is 24.3 Å².